The molecule has 0 aromatic heterocycles. The molecule has 2 aromatic rings. The SMILES string of the molecule is CCOc1c(Br)cc(CNCc2ccc(F)cc2)cc1OC. The van der Waals surface area contributed by atoms with E-state index in [9.17, 15) is 4.39 Å². The van der Waals surface area contributed by atoms with Gasteiger partial charge in [-0.1, -0.05) is 12.1 Å². The molecule has 0 atom stereocenters. The second-order valence-electron chi connectivity index (χ2n) is 4.77. The fourth-order valence-corrected chi connectivity index (χ4v) is 2.72. The minimum absolute atomic E-state index is 0.219. The van der Waals surface area contributed by atoms with Crippen molar-refractivity contribution in [1.29, 1.82) is 0 Å². The molecule has 22 heavy (non-hydrogen) atoms. The summed E-state index contributed by atoms with van der Waals surface area (Å²) >= 11 is 3.51. The molecule has 0 fully saturated rings. The van der Waals surface area contributed by atoms with Crippen molar-refractivity contribution in [2.24, 2.45) is 0 Å². The van der Waals surface area contributed by atoms with Crippen LogP contribution in [0.25, 0.3) is 0 Å². The summed E-state index contributed by atoms with van der Waals surface area (Å²) < 4.78 is 24.7. The highest BCUT2D eigenvalue weighted by atomic mass is 79.9. The van der Waals surface area contributed by atoms with E-state index in [0.29, 0.717) is 31.2 Å². The van der Waals surface area contributed by atoms with Crippen molar-refractivity contribution in [2.75, 3.05) is 13.7 Å². The Morgan fingerprint density at radius 2 is 1.77 bits per heavy atom. The molecule has 0 saturated carbocycles. The van der Waals surface area contributed by atoms with E-state index in [0.717, 1.165) is 15.6 Å². The van der Waals surface area contributed by atoms with E-state index >= 15 is 0 Å². The van der Waals surface area contributed by atoms with Crippen LogP contribution < -0.4 is 14.8 Å². The van der Waals surface area contributed by atoms with Crippen LogP contribution >= 0.6 is 15.9 Å². The van der Waals surface area contributed by atoms with Gasteiger partial charge in [0.2, 0.25) is 0 Å². The Morgan fingerprint density at radius 3 is 2.41 bits per heavy atom. The Labute approximate surface area is 138 Å². The topological polar surface area (TPSA) is 30.5 Å². The first-order valence-corrected chi connectivity index (χ1v) is 7.87. The molecule has 0 amide bonds. The van der Waals surface area contributed by atoms with Crippen molar-refractivity contribution in [1.82, 2.24) is 5.32 Å². The van der Waals surface area contributed by atoms with Crippen molar-refractivity contribution in [3.05, 3.63) is 57.8 Å². The first-order chi connectivity index (χ1) is 10.6. The number of ether oxygens (including phenoxy) is 2. The number of hydrogen-bond donors (Lipinski definition) is 1. The summed E-state index contributed by atoms with van der Waals surface area (Å²) in [6.07, 6.45) is 0. The van der Waals surface area contributed by atoms with Gasteiger partial charge in [-0.05, 0) is 58.2 Å². The first-order valence-electron chi connectivity index (χ1n) is 7.08. The first kappa shape index (κ1) is 16.8. The molecule has 1 N–H and O–H groups in total. The Bertz CT molecular complexity index is 617. The van der Waals surface area contributed by atoms with Crippen molar-refractivity contribution in [3.63, 3.8) is 0 Å². The van der Waals surface area contributed by atoms with Gasteiger partial charge in [0.1, 0.15) is 5.82 Å². The molecule has 0 aliphatic rings. The predicted octanol–water partition coefficient (Wildman–Crippen LogP) is 4.29. The molecule has 0 bridgehead atoms. The summed E-state index contributed by atoms with van der Waals surface area (Å²) in [5, 5.41) is 3.33. The minimum atomic E-state index is -0.219. The van der Waals surface area contributed by atoms with Gasteiger partial charge >= 0.3 is 0 Å². The molecular weight excluding hydrogens is 349 g/mol. The van der Waals surface area contributed by atoms with Crippen LogP contribution in [-0.4, -0.2) is 13.7 Å². The molecule has 118 valence electrons. The Morgan fingerprint density at radius 1 is 1.09 bits per heavy atom. The Hall–Kier alpha value is -1.59. The zero-order valence-electron chi connectivity index (χ0n) is 12.7. The third kappa shape index (κ3) is 4.45. The van der Waals surface area contributed by atoms with E-state index < -0.39 is 0 Å². The van der Waals surface area contributed by atoms with Crippen molar-refractivity contribution in [2.45, 2.75) is 20.0 Å². The number of hydrogen-bond acceptors (Lipinski definition) is 3. The van der Waals surface area contributed by atoms with Gasteiger partial charge in [-0.3, -0.25) is 0 Å². The Kier molecular flexibility index (Phi) is 6.21. The molecule has 0 aliphatic carbocycles. The lowest BCUT2D eigenvalue weighted by Gasteiger charge is -2.14. The van der Waals surface area contributed by atoms with Gasteiger partial charge in [0.25, 0.3) is 0 Å². The number of benzene rings is 2. The van der Waals surface area contributed by atoms with Crippen LogP contribution in [0.4, 0.5) is 4.39 Å². The predicted molar refractivity (Wildman–Crippen MR) is 88.8 cm³/mol. The average molecular weight is 368 g/mol. The molecule has 0 heterocycles. The maximum absolute atomic E-state index is 12.9. The fraction of sp³-hybridized carbons (Fsp3) is 0.294. The lowest BCUT2D eigenvalue weighted by atomic mass is 10.2. The van der Waals surface area contributed by atoms with Gasteiger partial charge in [0.05, 0.1) is 18.2 Å². The lowest BCUT2D eigenvalue weighted by molar-refractivity contribution is 0.308. The van der Waals surface area contributed by atoms with Crippen LogP contribution in [0.3, 0.4) is 0 Å². The second kappa shape index (κ2) is 8.15. The molecule has 3 nitrogen and oxygen atoms in total. The van der Waals surface area contributed by atoms with Crippen LogP contribution in [0.15, 0.2) is 40.9 Å². The van der Waals surface area contributed by atoms with E-state index in [2.05, 4.69) is 21.2 Å². The number of nitrogens with one attached hydrogen (secondary N) is 1. The quantitative estimate of drug-likeness (QED) is 0.791. The third-order valence-electron chi connectivity index (χ3n) is 3.15. The molecule has 0 radical (unpaired) electrons. The maximum Gasteiger partial charge on any atom is 0.175 e. The van der Waals surface area contributed by atoms with E-state index in [1.807, 2.05) is 19.1 Å². The average Bonchev–Trinajstić information content (AvgIpc) is 2.51. The van der Waals surface area contributed by atoms with Crippen LogP contribution in [0.5, 0.6) is 11.5 Å². The molecule has 0 aliphatic heterocycles. The summed E-state index contributed by atoms with van der Waals surface area (Å²) in [5.74, 6) is 1.20. The van der Waals surface area contributed by atoms with E-state index in [1.54, 1.807) is 19.2 Å². The van der Waals surface area contributed by atoms with Crippen molar-refractivity contribution < 1.29 is 13.9 Å². The molecule has 0 unspecified atom stereocenters. The van der Waals surface area contributed by atoms with Gasteiger partial charge in [0.15, 0.2) is 11.5 Å². The van der Waals surface area contributed by atoms with Crippen molar-refractivity contribution in [3.8, 4) is 11.5 Å². The van der Waals surface area contributed by atoms with Crippen LogP contribution in [0.1, 0.15) is 18.1 Å². The molecule has 2 rings (SSSR count). The number of halogens is 2. The lowest BCUT2D eigenvalue weighted by Crippen LogP contribution is -2.13. The smallest absolute Gasteiger partial charge is 0.175 e. The fourth-order valence-electron chi connectivity index (χ4n) is 2.11. The maximum atomic E-state index is 12.9. The summed E-state index contributed by atoms with van der Waals surface area (Å²) in [7, 11) is 1.63. The zero-order valence-corrected chi connectivity index (χ0v) is 14.2. The largest absolute Gasteiger partial charge is 0.493 e. The molecule has 0 saturated heterocycles. The molecule has 0 spiro atoms. The summed E-state index contributed by atoms with van der Waals surface area (Å²) in [6.45, 7) is 3.87. The molecule has 2 aromatic carbocycles. The highest BCUT2D eigenvalue weighted by Crippen LogP contribution is 2.36. The highest BCUT2D eigenvalue weighted by Gasteiger charge is 2.11. The standard InChI is InChI=1S/C17H19BrFNO2/c1-3-22-17-15(18)8-13(9-16(17)21-2)11-20-10-12-4-6-14(19)7-5-12/h4-9,20H,3,10-11H2,1-2H3. The second-order valence-corrected chi connectivity index (χ2v) is 5.63. The third-order valence-corrected chi connectivity index (χ3v) is 3.74. The summed E-state index contributed by atoms with van der Waals surface area (Å²) in [4.78, 5) is 0. The van der Waals surface area contributed by atoms with Gasteiger partial charge in [-0.2, -0.15) is 0 Å². The zero-order chi connectivity index (χ0) is 15.9. The molecule has 5 heteroatoms. The van der Waals surface area contributed by atoms with Crippen molar-refractivity contribution >= 4 is 15.9 Å². The summed E-state index contributed by atoms with van der Waals surface area (Å²) in [6, 6.07) is 10.4. The Balaban J connectivity index is 2.00. The van der Waals surface area contributed by atoms with Gasteiger partial charge in [-0.25, -0.2) is 4.39 Å². The summed E-state index contributed by atoms with van der Waals surface area (Å²) in [5.41, 5.74) is 2.12. The molecular formula is C17H19BrFNO2. The van der Waals surface area contributed by atoms with Gasteiger partial charge < -0.3 is 14.8 Å². The van der Waals surface area contributed by atoms with Gasteiger partial charge in [-0.15, -0.1) is 0 Å². The monoisotopic (exact) mass is 367 g/mol. The minimum Gasteiger partial charge on any atom is -0.493 e. The number of rotatable bonds is 7. The van der Waals surface area contributed by atoms with Crippen LogP contribution in [-0.2, 0) is 13.1 Å². The van der Waals surface area contributed by atoms with Crippen LogP contribution in [0, 0.1) is 5.82 Å². The highest BCUT2D eigenvalue weighted by molar-refractivity contribution is 9.10. The normalized spacial score (nSPS) is 10.5. The van der Waals surface area contributed by atoms with E-state index in [1.165, 1.54) is 12.1 Å². The van der Waals surface area contributed by atoms with Gasteiger partial charge in [0, 0.05) is 13.1 Å². The van der Waals surface area contributed by atoms with E-state index in [4.69, 9.17) is 9.47 Å². The van der Waals surface area contributed by atoms with E-state index in [-0.39, 0.29) is 5.82 Å². The number of methoxy groups -OCH3 is 1. The van der Waals surface area contributed by atoms with Crippen LogP contribution in [0.2, 0.25) is 0 Å².